The van der Waals surface area contributed by atoms with Crippen molar-refractivity contribution in [1.29, 1.82) is 0 Å². The lowest BCUT2D eigenvalue weighted by Gasteiger charge is -2.29. The zero-order valence-corrected chi connectivity index (χ0v) is 17.5. The molecule has 2 aliphatic rings. The molecule has 0 aliphatic carbocycles. The summed E-state index contributed by atoms with van der Waals surface area (Å²) in [6, 6.07) is 4.38. The van der Waals surface area contributed by atoms with Crippen LogP contribution in [-0.4, -0.2) is 54.8 Å². The Morgan fingerprint density at radius 1 is 1.26 bits per heavy atom. The normalized spacial score (nSPS) is 18.7. The standard InChI is InChI=1S/C20H23N7O4/c1-20(2,3)27-24-15(23-25-27)9-17(29)21-12-5-4-11-10-26(19(31)13(11)8-12)14-6-7-16(28)22-18(14)30/h4-5,8,14H,6-7,9-10H2,1-3H3,(H,21,29)(H,22,28,30). The topological polar surface area (TPSA) is 139 Å². The van der Waals surface area contributed by atoms with Gasteiger partial charge in [-0.2, -0.15) is 4.80 Å². The smallest absolute Gasteiger partial charge is 0.255 e. The lowest BCUT2D eigenvalue weighted by molar-refractivity contribution is -0.137. The number of anilines is 1. The van der Waals surface area contributed by atoms with Gasteiger partial charge in [-0.3, -0.25) is 24.5 Å². The van der Waals surface area contributed by atoms with E-state index in [9.17, 15) is 19.2 Å². The summed E-state index contributed by atoms with van der Waals surface area (Å²) in [6.45, 7) is 6.07. The van der Waals surface area contributed by atoms with E-state index < -0.39 is 11.9 Å². The largest absolute Gasteiger partial charge is 0.326 e. The molecule has 162 valence electrons. The SMILES string of the molecule is CC(C)(C)n1nnc(CC(=O)Nc2ccc3c(c2)C(=O)N(C2CCC(=O)NC2=O)C3)n1. The molecule has 4 amide bonds. The maximum absolute atomic E-state index is 12.9. The average molecular weight is 425 g/mol. The van der Waals surface area contributed by atoms with Gasteiger partial charge in [0.1, 0.15) is 6.04 Å². The highest BCUT2D eigenvalue weighted by molar-refractivity contribution is 6.06. The number of nitrogens with one attached hydrogen (secondary N) is 2. The van der Waals surface area contributed by atoms with E-state index in [2.05, 4.69) is 26.0 Å². The minimum absolute atomic E-state index is 0.0521. The maximum atomic E-state index is 12.9. The molecule has 0 bridgehead atoms. The van der Waals surface area contributed by atoms with Crippen LogP contribution in [0.15, 0.2) is 18.2 Å². The zero-order valence-electron chi connectivity index (χ0n) is 17.5. The van der Waals surface area contributed by atoms with E-state index in [0.29, 0.717) is 23.5 Å². The molecule has 3 heterocycles. The summed E-state index contributed by atoms with van der Waals surface area (Å²) in [6.07, 6.45) is 0.450. The van der Waals surface area contributed by atoms with E-state index in [1.54, 1.807) is 18.2 Å². The van der Waals surface area contributed by atoms with Gasteiger partial charge in [0.15, 0.2) is 5.82 Å². The first-order valence-electron chi connectivity index (χ1n) is 9.98. The molecule has 11 nitrogen and oxygen atoms in total. The molecule has 0 radical (unpaired) electrons. The van der Waals surface area contributed by atoms with Crippen LogP contribution < -0.4 is 10.6 Å². The Kier molecular flexibility index (Phi) is 5.03. The second-order valence-corrected chi connectivity index (χ2v) is 8.66. The Labute approximate surface area is 178 Å². The summed E-state index contributed by atoms with van der Waals surface area (Å²) in [5.74, 6) is -1.11. The Bertz CT molecular complexity index is 1090. The van der Waals surface area contributed by atoms with Crippen molar-refractivity contribution in [3.63, 3.8) is 0 Å². The van der Waals surface area contributed by atoms with Crippen LogP contribution >= 0.6 is 0 Å². The summed E-state index contributed by atoms with van der Waals surface area (Å²) < 4.78 is 0. The van der Waals surface area contributed by atoms with Gasteiger partial charge in [0.05, 0.1) is 12.0 Å². The summed E-state index contributed by atoms with van der Waals surface area (Å²) in [5.41, 5.74) is 1.32. The molecule has 31 heavy (non-hydrogen) atoms. The van der Waals surface area contributed by atoms with Crippen LogP contribution in [0.2, 0.25) is 0 Å². The number of aromatic nitrogens is 4. The predicted molar refractivity (Wildman–Crippen MR) is 108 cm³/mol. The number of benzene rings is 1. The first-order valence-corrected chi connectivity index (χ1v) is 9.98. The highest BCUT2D eigenvalue weighted by Gasteiger charge is 2.39. The predicted octanol–water partition coefficient (Wildman–Crippen LogP) is 0.370. The van der Waals surface area contributed by atoms with Crippen molar-refractivity contribution in [2.24, 2.45) is 0 Å². The number of piperidine rings is 1. The molecule has 1 atom stereocenters. The van der Waals surface area contributed by atoms with Crippen LogP contribution in [-0.2, 0) is 32.9 Å². The van der Waals surface area contributed by atoms with E-state index in [1.807, 2.05) is 20.8 Å². The quantitative estimate of drug-likeness (QED) is 0.675. The van der Waals surface area contributed by atoms with Crippen molar-refractivity contribution in [2.75, 3.05) is 5.32 Å². The highest BCUT2D eigenvalue weighted by Crippen LogP contribution is 2.29. The second-order valence-electron chi connectivity index (χ2n) is 8.66. The fourth-order valence-electron chi connectivity index (χ4n) is 3.58. The van der Waals surface area contributed by atoms with Crippen molar-refractivity contribution in [3.8, 4) is 0 Å². The number of nitrogens with zero attached hydrogens (tertiary/aromatic N) is 5. The number of amides is 4. The number of tetrazole rings is 1. The summed E-state index contributed by atoms with van der Waals surface area (Å²) in [4.78, 5) is 51.7. The molecule has 0 saturated carbocycles. The Morgan fingerprint density at radius 2 is 2.03 bits per heavy atom. The first kappa shape index (κ1) is 20.6. The van der Waals surface area contributed by atoms with Gasteiger partial charge in [-0.1, -0.05) is 6.07 Å². The van der Waals surface area contributed by atoms with Crippen LogP contribution in [0.3, 0.4) is 0 Å². The van der Waals surface area contributed by atoms with Gasteiger partial charge in [-0.15, -0.1) is 10.2 Å². The van der Waals surface area contributed by atoms with Crippen LogP contribution in [0, 0.1) is 0 Å². The molecule has 11 heteroatoms. The third-order valence-corrected chi connectivity index (χ3v) is 5.19. The van der Waals surface area contributed by atoms with Gasteiger partial charge in [0.25, 0.3) is 5.91 Å². The third-order valence-electron chi connectivity index (χ3n) is 5.19. The highest BCUT2D eigenvalue weighted by atomic mass is 16.2. The summed E-state index contributed by atoms with van der Waals surface area (Å²) in [5, 5.41) is 17.1. The van der Waals surface area contributed by atoms with E-state index in [0.717, 1.165) is 5.56 Å². The first-order chi connectivity index (χ1) is 14.6. The maximum Gasteiger partial charge on any atom is 0.255 e. The molecule has 1 aromatic carbocycles. The van der Waals surface area contributed by atoms with E-state index in [1.165, 1.54) is 9.70 Å². The number of hydrogen-bond donors (Lipinski definition) is 2. The number of rotatable bonds is 4. The van der Waals surface area contributed by atoms with Crippen LogP contribution in [0.4, 0.5) is 5.69 Å². The van der Waals surface area contributed by atoms with Gasteiger partial charge in [-0.05, 0) is 50.1 Å². The minimum atomic E-state index is -0.674. The van der Waals surface area contributed by atoms with Crippen LogP contribution in [0.25, 0.3) is 0 Å². The Balaban J connectivity index is 1.43. The average Bonchev–Trinajstić information content (AvgIpc) is 3.27. The van der Waals surface area contributed by atoms with Gasteiger partial charge in [-0.25, -0.2) is 0 Å². The molecular weight excluding hydrogens is 402 g/mol. The molecule has 2 aliphatic heterocycles. The number of imide groups is 1. The molecule has 2 aromatic rings. The molecule has 1 aromatic heterocycles. The van der Waals surface area contributed by atoms with Crippen molar-refractivity contribution in [1.82, 2.24) is 30.4 Å². The van der Waals surface area contributed by atoms with Crippen molar-refractivity contribution >= 4 is 29.3 Å². The van der Waals surface area contributed by atoms with E-state index in [-0.39, 0.29) is 42.6 Å². The lowest BCUT2D eigenvalue weighted by atomic mass is 10.0. The van der Waals surface area contributed by atoms with E-state index >= 15 is 0 Å². The summed E-state index contributed by atoms with van der Waals surface area (Å²) in [7, 11) is 0. The molecule has 1 unspecified atom stereocenters. The second kappa shape index (κ2) is 7.56. The molecule has 0 spiro atoms. The van der Waals surface area contributed by atoms with Gasteiger partial charge >= 0.3 is 0 Å². The number of hydrogen-bond acceptors (Lipinski definition) is 7. The van der Waals surface area contributed by atoms with Gasteiger partial charge < -0.3 is 10.2 Å². The minimum Gasteiger partial charge on any atom is -0.326 e. The van der Waals surface area contributed by atoms with Gasteiger partial charge in [0, 0.05) is 24.2 Å². The fraction of sp³-hybridized carbons (Fsp3) is 0.450. The molecule has 1 fully saturated rings. The molecule has 1 saturated heterocycles. The Hall–Kier alpha value is -3.63. The van der Waals surface area contributed by atoms with Crippen LogP contribution in [0.5, 0.6) is 0 Å². The number of fused-ring (bicyclic) bond motifs is 1. The molecular formula is C20H23N7O4. The fourth-order valence-corrected chi connectivity index (χ4v) is 3.58. The third kappa shape index (κ3) is 4.16. The lowest BCUT2D eigenvalue weighted by Crippen LogP contribution is -2.52. The number of carbonyl (C=O) groups excluding carboxylic acids is 4. The zero-order chi connectivity index (χ0) is 22.3. The van der Waals surface area contributed by atoms with Crippen LogP contribution in [0.1, 0.15) is 55.4 Å². The Morgan fingerprint density at radius 3 is 2.71 bits per heavy atom. The van der Waals surface area contributed by atoms with Crippen molar-refractivity contribution in [3.05, 3.63) is 35.2 Å². The van der Waals surface area contributed by atoms with Gasteiger partial charge in [0.2, 0.25) is 17.7 Å². The summed E-state index contributed by atoms with van der Waals surface area (Å²) >= 11 is 0. The number of carbonyl (C=O) groups is 4. The van der Waals surface area contributed by atoms with Crippen molar-refractivity contribution in [2.45, 2.75) is 58.2 Å². The molecule has 4 rings (SSSR count). The monoisotopic (exact) mass is 425 g/mol. The van der Waals surface area contributed by atoms with E-state index in [4.69, 9.17) is 0 Å². The molecule has 2 N–H and O–H groups in total. The van der Waals surface area contributed by atoms with Crippen molar-refractivity contribution < 1.29 is 19.2 Å².